The standard InChI is InChI=1S/C17H17N5OS2/c1-10-8-14(18)21-17(19-10)25-11(2)15(23)22-16-20-13(9-24-16)12-6-4-3-5-7-12/h3-9,11H,1-2H3,(H2,18,19,21)(H,20,22,23). The molecule has 25 heavy (non-hydrogen) atoms. The summed E-state index contributed by atoms with van der Waals surface area (Å²) in [5.41, 5.74) is 8.36. The molecule has 0 aliphatic carbocycles. The number of hydrogen-bond acceptors (Lipinski definition) is 7. The third-order valence-corrected chi connectivity index (χ3v) is 5.03. The van der Waals surface area contributed by atoms with Crippen LogP contribution in [0.1, 0.15) is 12.6 Å². The Kier molecular flexibility index (Phi) is 5.30. The van der Waals surface area contributed by atoms with Crippen molar-refractivity contribution < 1.29 is 4.79 Å². The molecule has 8 heteroatoms. The Labute approximate surface area is 153 Å². The summed E-state index contributed by atoms with van der Waals surface area (Å²) in [6.07, 6.45) is 0. The number of nitrogens with zero attached hydrogens (tertiary/aromatic N) is 3. The molecule has 2 aromatic heterocycles. The van der Waals surface area contributed by atoms with E-state index in [2.05, 4.69) is 20.3 Å². The van der Waals surface area contributed by atoms with Crippen molar-refractivity contribution in [3.8, 4) is 11.3 Å². The van der Waals surface area contributed by atoms with Crippen molar-refractivity contribution >= 4 is 40.0 Å². The smallest absolute Gasteiger partial charge is 0.239 e. The fourth-order valence-corrected chi connectivity index (χ4v) is 3.67. The third-order valence-electron chi connectivity index (χ3n) is 3.31. The number of nitrogens with one attached hydrogen (secondary N) is 1. The van der Waals surface area contributed by atoms with E-state index in [-0.39, 0.29) is 11.2 Å². The van der Waals surface area contributed by atoms with Gasteiger partial charge in [0, 0.05) is 22.7 Å². The predicted molar refractivity (Wildman–Crippen MR) is 103 cm³/mol. The highest BCUT2D eigenvalue weighted by atomic mass is 32.2. The van der Waals surface area contributed by atoms with Gasteiger partial charge < -0.3 is 11.1 Å². The Bertz CT molecular complexity index is 862. The molecule has 1 aromatic carbocycles. The molecule has 128 valence electrons. The van der Waals surface area contributed by atoms with Crippen molar-refractivity contribution in [3.63, 3.8) is 0 Å². The van der Waals surface area contributed by atoms with E-state index < -0.39 is 0 Å². The van der Waals surface area contributed by atoms with Gasteiger partial charge in [-0.05, 0) is 13.8 Å². The topological polar surface area (TPSA) is 93.8 Å². The summed E-state index contributed by atoms with van der Waals surface area (Å²) >= 11 is 2.66. The summed E-state index contributed by atoms with van der Waals surface area (Å²) in [6.45, 7) is 3.64. The summed E-state index contributed by atoms with van der Waals surface area (Å²) in [5, 5.41) is 5.46. The molecular weight excluding hydrogens is 354 g/mol. The molecule has 2 heterocycles. The van der Waals surface area contributed by atoms with Crippen LogP contribution in [-0.4, -0.2) is 26.1 Å². The number of thioether (sulfide) groups is 1. The Morgan fingerprint density at radius 3 is 2.72 bits per heavy atom. The maximum Gasteiger partial charge on any atom is 0.239 e. The van der Waals surface area contributed by atoms with Crippen LogP contribution in [0.5, 0.6) is 0 Å². The first kappa shape index (κ1) is 17.4. The largest absolute Gasteiger partial charge is 0.384 e. The van der Waals surface area contributed by atoms with Crippen molar-refractivity contribution in [2.24, 2.45) is 0 Å². The zero-order valence-electron chi connectivity index (χ0n) is 13.8. The van der Waals surface area contributed by atoms with Gasteiger partial charge in [0.15, 0.2) is 10.3 Å². The maximum atomic E-state index is 12.4. The van der Waals surface area contributed by atoms with Gasteiger partial charge in [-0.15, -0.1) is 11.3 Å². The van der Waals surface area contributed by atoms with Gasteiger partial charge in [0.1, 0.15) is 5.82 Å². The quantitative estimate of drug-likeness (QED) is 0.526. The van der Waals surface area contributed by atoms with Crippen LogP contribution in [0.15, 0.2) is 46.9 Å². The molecule has 0 aliphatic rings. The van der Waals surface area contributed by atoms with E-state index in [9.17, 15) is 4.79 Å². The number of carbonyl (C=O) groups is 1. The number of thiazole rings is 1. The van der Waals surface area contributed by atoms with Crippen LogP contribution >= 0.6 is 23.1 Å². The second-order valence-electron chi connectivity index (χ2n) is 5.37. The van der Waals surface area contributed by atoms with E-state index in [1.54, 1.807) is 13.0 Å². The molecule has 1 amide bonds. The minimum Gasteiger partial charge on any atom is -0.384 e. The molecule has 3 aromatic rings. The Morgan fingerprint density at radius 1 is 1.24 bits per heavy atom. The number of rotatable bonds is 5. The second-order valence-corrected chi connectivity index (χ2v) is 7.54. The number of nitrogen functional groups attached to an aromatic ring is 1. The first-order chi connectivity index (χ1) is 12.0. The van der Waals surface area contributed by atoms with Gasteiger partial charge in [0.2, 0.25) is 5.91 Å². The molecule has 6 nitrogen and oxygen atoms in total. The van der Waals surface area contributed by atoms with E-state index in [1.165, 1.54) is 23.1 Å². The fourth-order valence-electron chi connectivity index (χ4n) is 2.11. The molecular formula is C17H17N5OS2. The van der Waals surface area contributed by atoms with Gasteiger partial charge in [-0.25, -0.2) is 15.0 Å². The summed E-state index contributed by atoms with van der Waals surface area (Å²) < 4.78 is 0. The van der Waals surface area contributed by atoms with Crippen molar-refractivity contribution in [2.45, 2.75) is 24.3 Å². The first-order valence-corrected chi connectivity index (χ1v) is 9.37. The number of hydrogen-bond donors (Lipinski definition) is 2. The first-order valence-electron chi connectivity index (χ1n) is 7.61. The van der Waals surface area contributed by atoms with Crippen LogP contribution in [-0.2, 0) is 4.79 Å². The van der Waals surface area contributed by atoms with Crippen molar-refractivity contribution in [1.82, 2.24) is 15.0 Å². The van der Waals surface area contributed by atoms with Gasteiger partial charge in [-0.2, -0.15) is 0 Å². The molecule has 0 bridgehead atoms. The minimum absolute atomic E-state index is 0.150. The lowest BCUT2D eigenvalue weighted by Crippen LogP contribution is -2.22. The molecule has 1 atom stereocenters. The summed E-state index contributed by atoms with van der Waals surface area (Å²) in [4.78, 5) is 25.3. The molecule has 0 aliphatic heterocycles. The zero-order valence-corrected chi connectivity index (χ0v) is 15.4. The summed E-state index contributed by atoms with van der Waals surface area (Å²) in [7, 11) is 0. The van der Waals surface area contributed by atoms with E-state index in [1.807, 2.05) is 42.6 Å². The molecule has 0 spiro atoms. The maximum absolute atomic E-state index is 12.4. The number of benzene rings is 1. The lowest BCUT2D eigenvalue weighted by molar-refractivity contribution is -0.115. The molecule has 0 saturated heterocycles. The molecule has 3 N–H and O–H groups in total. The number of carbonyl (C=O) groups excluding carboxylic acids is 1. The van der Waals surface area contributed by atoms with Gasteiger partial charge in [-0.3, -0.25) is 4.79 Å². The number of nitrogens with two attached hydrogens (primary N) is 1. The van der Waals surface area contributed by atoms with Crippen LogP contribution in [0, 0.1) is 6.92 Å². The fraction of sp³-hybridized carbons (Fsp3) is 0.176. The van der Waals surface area contributed by atoms with E-state index in [4.69, 9.17) is 5.73 Å². The average Bonchev–Trinajstić information content (AvgIpc) is 3.03. The normalized spacial score (nSPS) is 11.9. The van der Waals surface area contributed by atoms with Gasteiger partial charge in [0.25, 0.3) is 0 Å². The Morgan fingerprint density at radius 2 is 2.00 bits per heavy atom. The highest BCUT2D eigenvalue weighted by Gasteiger charge is 2.18. The lowest BCUT2D eigenvalue weighted by atomic mass is 10.2. The SMILES string of the molecule is Cc1cc(N)nc(SC(C)C(=O)Nc2nc(-c3ccccc3)cs2)n1. The number of aryl methyl sites for hydroxylation is 1. The monoisotopic (exact) mass is 371 g/mol. The van der Waals surface area contributed by atoms with Crippen LogP contribution < -0.4 is 11.1 Å². The van der Waals surface area contributed by atoms with Crippen LogP contribution in [0.25, 0.3) is 11.3 Å². The molecule has 0 radical (unpaired) electrons. The Balaban J connectivity index is 1.64. The van der Waals surface area contributed by atoms with Crippen LogP contribution in [0.4, 0.5) is 10.9 Å². The van der Waals surface area contributed by atoms with E-state index in [0.29, 0.717) is 16.1 Å². The minimum atomic E-state index is -0.370. The van der Waals surface area contributed by atoms with Crippen molar-refractivity contribution in [2.75, 3.05) is 11.1 Å². The van der Waals surface area contributed by atoms with E-state index in [0.717, 1.165) is 17.0 Å². The highest BCUT2D eigenvalue weighted by Crippen LogP contribution is 2.26. The second kappa shape index (κ2) is 7.62. The van der Waals surface area contributed by atoms with E-state index >= 15 is 0 Å². The lowest BCUT2D eigenvalue weighted by Gasteiger charge is -2.10. The predicted octanol–water partition coefficient (Wildman–Crippen LogP) is 3.61. The Hall–Kier alpha value is -2.45. The molecule has 3 rings (SSSR count). The number of amides is 1. The van der Waals surface area contributed by atoms with Crippen LogP contribution in [0.3, 0.4) is 0 Å². The zero-order chi connectivity index (χ0) is 17.8. The average molecular weight is 371 g/mol. The summed E-state index contributed by atoms with van der Waals surface area (Å²) in [5.74, 6) is 0.248. The van der Waals surface area contributed by atoms with Gasteiger partial charge in [0.05, 0.1) is 10.9 Å². The van der Waals surface area contributed by atoms with Gasteiger partial charge in [-0.1, -0.05) is 42.1 Å². The number of anilines is 2. The molecule has 1 unspecified atom stereocenters. The van der Waals surface area contributed by atoms with Crippen LogP contribution in [0.2, 0.25) is 0 Å². The summed E-state index contributed by atoms with van der Waals surface area (Å²) in [6, 6.07) is 11.5. The highest BCUT2D eigenvalue weighted by molar-refractivity contribution is 8.00. The van der Waals surface area contributed by atoms with Gasteiger partial charge >= 0.3 is 0 Å². The van der Waals surface area contributed by atoms with Crippen molar-refractivity contribution in [1.29, 1.82) is 0 Å². The third kappa shape index (κ3) is 4.55. The van der Waals surface area contributed by atoms with Crippen molar-refractivity contribution in [3.05, 3.63) is 47.5 Å². The number of aromatic nitrogens is 3. The molecule has 0 saturated carbocycles. The molecule has 0 fully saturated rings.